The predicted octanol–water partition coefficient (Wildman–Crippen LogP) is 1.71. The summed E-state index contributed by atoms with van der Waals surface area (Å²) in [7, 11) is 0. The third kappa shape index (κ3) is 2.65. The summed E-state index contributed by atoms with van der Waals surface area (Å²) < 4.78 is 1.95. The lowest BCUT2D eigenvalue weighted by Crippen LogP contribution is -2.24. The first-order chi connectivity index (χ1) is 8.72. The maximum absolute atomic E-state index is 12.1. The number of aromatic nitrogens is 2. The largest absolute Gasteiger partial charge is 0.335 e. The van der Waals surface area contributed by atoms with Crippen LogP contribution in [0.25, 0.3) is 0 Å². The molecule has 0 radical (unpaired) electrons. The predicted molar refractivity (Wildman–Crippen MR) is 70.0 cm³/mol. The van der Waals surface area contributed by atoms with Gasteiger partial charge in [0, 0.05) is 18.9 Å². The van der Waals surface area contributed by atoms with Crippen LogP contribution in [0.2, 0.25) is 0 Å². The summed E-state index contributed by atoms with van der Waals surface area (Å²) in [6.07, 6.45) is 3.85. The highest BCUT2D eigenvalue weighted by atomic mass is 16.1. The number of rotatable bonds is 5. The van der Waals surface area contributed by atoms with Gasteiger partial charge in [-0.25, -0.2) is 4.98 Å². The van der Waals surface area contributed by atoms with Gasteiger partial charge in [-0.05, 0) is 12.5 Å². The number of hydrogen-bond donors (Lipinski definition) is 1. The van der Waals surface area contributed by atoms with Gasteiger partial charge >= 0.3 is 0 Å². The van der Waals surface area contributed by atoms with Gasteiger partial charge in [-0.1, -0.05) is 30.3 Å². The Morgan fingerprint density at radius 2 is 2.11 bits per heavy atom. The molecule has 94 valence electrons. The highest BCUT2D eigenvalue weighted by Gasteiger charge is 2.17. The van der Waals surface area contributed by atoms with Gasteiger partial charge < -0.3 is 10.3 Å². The third-order valence-electron chi connectivity index (χ3n) is 2.98. The average Bonchev–Trinajstić information content (AvgIpc) is 2.86. The minimum absolute atomic E-state index is 0.0119. The van der Waals surface area contributed by atoms with E-state index >= 15 is 0 Å². The molecule has 2 N–H and O–H groups in total. The van der Waals surface area contributed by atoms with Crippen LogP contribution in [0.1, 0.15) is 24.4 Å². The maximum atomic E-state index is 12.1. The molecule has 0 aliphatic carbocycles. The van der Waals surface area contributed by atoms with Crippen LogP contribution in [0.3, 0.4) is 0 Å². The Labute approximate surface area is 106 Å². The molecule has 0 fully saturated rings. The molecule has 1 atom stereocenters. The normalized spacial score (nSPS) is 12.3. The Morgan fingerprint density at radius 1 is 1.39 bits per heavy atom. The fourth-order valence-corrected chi connectivity index (χ4v) is 1.91. The third-order valence-corrected chi connectivity index (χ3v) is 2.98. The number of ketones is 1. The van der Waals surface area contributed by atoms with Gasteiger partial charge in [0.1, 0.15) is 5.82 Å². The second-order valence-electron chi connectivity index (χ2n) is 4.16. The van der Waals surface area contributed by atoms with Gasteiger partial charge in [0.2, 0.25) is 0 Å². The van der Waals surface area contributed by atoms with Crippen LogP contribution in [-0.4, -0.2) is 15.3 Å². The molecule has 0 aliphatic heterocycles. The first kappa shape index (κ1) is 12.5. The van der Waals surface area contributed by atoms with E-state index in [-0.39, 0.29) is 12.2 Å². The Balaban J connectivity index is 2.09. The molecule has 4 nitrogen and oxygen atoms in total. The highest BCUT2D eigenvalue weighted by molar-refractivity contribution is 5.86. The fourth-order valence-electron chi connectivity index (χ4n) is 1.91. The molecule has 0 bridgehead atoms. The lowest BCUT2D eigenvalue weighted by atomic mass is 10.0. The van der Waals surface area contributed by atoms with Gasteiger partial charge in [0.05, 0.1) is 12.5 Å². The Bertz CT molecular complexity index is 519. The smallest absolute Gasteiger partial charge is 0.161 e. The lowest BCUT2D eigenvalue weighted by molar-refractivity contribution is -0.119. The van der Waals surface area contributed by atoms with E-state index in [4.69, 9.17) is 5.73 Å². The summed E-state index contributed by atoms with van der Waals surface area (Å²) in [5, 5.41) is 0. The van der Waals surface area contributed by atoms with Crippen LogP contribution in [0.5, 0.6) is 0 Å². The van der Waals surface area contributed by atoms with E-state index in [0.717, 1.165) is 17.9 Å². The van der Waals surface area contributed by atoms with Gasteiger partial charge in [0.25, 0.3) is 0 Å². The zero-order valence-electron chi connectivity index (χ0n) is 10.4. The summed E-state index contributed by atoms with van der Waals surface area (Å²) in [6.45, 7) is 2.83. The molecule has 18 heavy (non-hydrogen) atoms. The topological polar surface area (TPSA) is 60.9 Å². The number of carbonyl (C=O) groups is 1. The van der Waals surface area contributed by atoms with E-state index < -0.39 is 6.04 Å². The maximum Gasteiger partial charge on any atom is 0.161 e. The van der Waals surface area contributed by atoms with Crippen molar-refractivity contribution in [2.75, 3.05) is 0 Å². The fraction of sp³-hybridized carbons (Fsp3) is 0.286. The Kier molecular flexibility index (Phi) is 3.89. The van der Waals surface area contributed by atoms with E-state index in [1.807, 2.05) is 48.0 Å². The van der Waals surface area contributed by atoms with E-state index in [1.54, 1.807) is 6.20 Å². The molecule has 2 rings (SSSR count). The first-order valence-electron chi connectivity index (χ1n) is 6.05. The number of carbonyl (C=O) groups excluding carboxylic acids is 1. The minimum Gasteiger partial charge on any atom is -0.335 e. The summed E-state index contributed by atoms with van der Waals surface area (Å²) in [5.41, 5.74) is 6.80. The van der Waals surface area contributed by atoms with Crippen molar-refractivity contribution in [1.29, 1.82) is 0 Å². The molecule has 0 aliphatic rings. The van der Waals surface area contributed by atoms with E-state index in [9.17, 15) is 4.79 Å². The molecule has 1 unspecified atom stereocenters. The molecular formula is C14H17N3O. The molecule has 0 spiro atoms. The lowest BCUT2D eigenvalue weighted by Gasteiger charge is -2.11. The number of nitrogens with zero attached hydrogens (tertiary/aromatic N) is 2. The van der Waals surface area contributed by atoms with Crippen LogP contribution in [0, 0.1) is 0 Å². The van der Waals surface area contributed by atoms with Crippen LogP contribution >= 0.6 is 0 Å². The van der Waals surface area contributed by atoms with Crippen molar-refractivity contribution in [1.82, 2.24) is 9.55 Å². The highest BCUT2D eigenvalue weighted by Crippen LogP contribution is 2.13. The van der Waals surface area contributed by atoms with Crippen molar-refractivity contribution >= 4 is 5.78 Å². The summed E-state index contributed by atoms with van der Waals surface area (Å²) in [6, 6.07) is 8.84. The van der Waals surface area contributed by atoms with Crippen molar-refractivity contribution in [3.8, 4) is 0 Å². The number of aryl methyl sites for hydroxylation is 1. The monoisotopic (exact) mass is 243 g/mol. The van der Waals surface area contributed by atoms with Crippen LogP contribution in [0.4, 0.5) is 0 Å². The second kappa shape index (κ2) is 5.60. The van der Waals surface area contributed by atoms with Crippen LogP contribution in [0.15, 0.2) is 42.7 Å². The number of hydrogen-bond acceptors (Lipinski definition) is 3. The zero-order chi connectivity index (χ0) is 13.0. The molecule has 1 aromatic carbocycles. The standard InChI is InChI=1S/C14H17N3O/c1-2-17-9-8-16-13(17)10-12(18)14(15)11-6-4-3-5-7-11/h3-9,14H,2,10,15H2,1H3. The molecule has 0 saturated carbocycles. The quantitative estimate of drug-likeness (QED) is 0.869. The van der Waals surface area contributed by atoms with Crippen molar-refractivity contribution in [3.05, 3.63) is 54.1 Å². The molecule has 2 aromatic rings. The zero-order valence-corrected chi connectivity index (χ0v) is 10.4. The molecule has 1 heterocycles. The van der Waals surface area contributed by atoms with Crippen molar-refractivity contribution in [2.24, 2.45) is 5.73 Å². The number of Topliss-reactive ketones (excluding diaryl/α,β-unsaturated/α-hetero) is 1. The summed E-state index contributed by atoms with van der Waals surface area (Å²) >= 11 is 0. The molecule has 4 heteroatoms. The molecular weight excluding hydrogens is 226 g/mol. The Hall–Kier alpha value is -1.94. The summed E-state index contributed by atoms with van der Waals surface area (Å²) in [4.78, 5) is 16.3. The summed E-state index contributed by atoms with van der Waals surface area (Å²) in [5.74, 6) is 0.760. The van der Waals surface area contributed by atoms with Gasteiger partial charge in [-0.2, -0.15) is 0 Å². The van der Waals surface area contributed by atoms with Crippen molar-refractivity contribution in [3.63, 3.8) is 0 Å². The van der Waals surface area contributed by atoms with Crippen molar-refractivity contribution in [2.45, 2.75) is 25.9 Å². The van der Waals surface area contributed by atoms with Gasteiger partial charge in [-0.3, -0.25) is 4.79 Å². The number of imidazole rings is 1. The minimum atomic E-state index is -0.576. The number of nitrogens with two attached hydrogens (primary N) is 1. The van der Waals surface area contributed by atoms with E-state index in [2.05, 4.69) is 4.98 Å². The van der Waals surface area contributed by atoms with Crippen LogP contribution in [-0.2, 0) is 17.8 Å². The average molecular weight is 243 g/mol. The SMILES string of the molecule is CCn1ccnc1CC(=O)C(N)c1ccccc1. The van der Waals surface area contributed by atoms with Crippen molar-refractivity contribution < 1.29 is 4.79 Å². The molecule has 0 amide bonds. The van der Waals surface area contributed by atoms with E-state index in [1.165, 1.54) is 0 Å². The first-order valence-corrected chi connectivity index (χ1v) is 6.05. The van der Waals surface area contributed by atoms with Gasteiger partial charge in [-0.15, -0.1) is 0 Å². The Morgan fingerprint density at radius 3 is 2.78 bits per heavy atom. The van der Waals surface area contributed by atoms with Gasteiger partial charge in [0.15, 0.2) is 5.78 Å². The van der Waals surface area contributed by atoms with Crippen LogP contribution < -0.4 is 5.73 Å². The number of benzene rings is 1. The molecule has 0 saturated heterocycles. The van der Waals surface area contributed by atoms with E-state index in [0.29, 0.717) is 0 Å². The molecule has 1 aromatic heterocycles. The second-order valence-corrected chi connectivity index (χ2v) is 4.16.